The maximum atomic E-state index is 14.6. The Hall–Kier alpha value is -3.47. The van der Waals surface area contributed by atoms with E-state index in [9.17, 15) is 26.3 Å². The summed E-state index contributed by atoms with van der Waals surface area (Å²) in [5.74, 6) is -4.98. The van der Waals surface area contributed by atoms with E-state index >= 15 is 0 Å². The summed E-state index contributed by atoms with van der Waals surface area (Å²) in [6.45, 7) is 1.90. The third kappa shape index (κ3) is 5.90. The minimum atomic E-state index is -4.24. The molecular formula is C26H21F6NO. The molecule has 0 heterocycles. The van der Waals surface area contributed by atoms with Gasteiger partial charge in [-0.1, -0.05) is 25.5 Å². The molecule has 0 saturated heterocycles. The monoisotopic (exact) mass is 477 g/mol. The first-order valence-electron chi connectivity index (χ1n) is 10.7. The Morgan fingerprint density at radius 2 is 1.26 bits per heavy atom. The van der Waals surface area contributed by atoms with E-state index in [-0.39, 0.29) is 12.2 Å². The predicted octanol–water partition coefficient (Wildman–Crippen LogP) is 7.37. The van der Waals surface area contributed by atoms with Gasteiger partial charge in [0.15, 0.2) is 0 Å². The molecule has 0 aromatic heterocycles. The Labute approximate surface area is 193 Å². The van der Waals surface area contributed by atoms with Gasteiger partial charge in [0.1, 0.15) is 46.2 Å². The van der Waals surface area contributed by atoms with E-state index in [1.54, 1.807) is 0 Å². The van der Waals surface area contributed by atoms with Crippen LogP contribution in [0.5, 0.6) is 5.75 Å². The summed E-state index contributed by atoms with van der Waals surface area (Å²) in [6, 6.07) is 10.7. The van der Waals surface area contributed by atoms with E-state index in [2.05, 4.69) is 4.74 Å². The number of unbranched alkanes of at least 4 members (excludes halogenated alkanes) is 1. The lowest BCUT2D eigenvalue weighted by Gasteiger charge is -2.20. The van der Waals surface area contributed by atoms with Crippen molar-refractivity contribution in [3.8, 4) is 11.8 Å². The normalized spacial score (nSPS) is 11.4. The van der Waals surface area contributed by atoms with Crippen LogP contribution in [0.4, 0.5) is 26.3 Å². The van der Waals surface area contributed by atoms with Gasteiger partial charge in [-0.15, -0.1) is 0 Å². The van der Waals surface area contributed by atoms with Gasteiger partial charge >= 0.3 is 6.11 Å². The molecule has 0 saturated carbocycles. The number of aryl methyl sites for hydroxylation is 3. The molecule has 34 heavy (non-hydrogen) atoms. The zero-order valence-corrected chi connectivity index (χ0v) is 18.3. The first-order valence-corrected chi connectivity index (χ1v) is 10.7. The van der Waals surface area contributed by atoms with Crippen molar-refractivity contribution in [3.63, 3.8) is 0 Å². The second kappa shape index (κ2) is 10.6. The Morgan fingerprint density at radius 1 is 0.765 bits per heavy atom. The maximum Gasteiger partial charge on any atom is 0.432 e. The Morgan fingerprint density at radius 3 is 1.79 bits per heavy atom. The summed E-state index contributed by atoms with van der Waals surface area (Å²) in [5, 5.41) is 8.71. The van der Waals surface area contributed by atoms with Crippen LogP contribution in [0.1, 0.15) is 47.6 Å². The molecule has 0 aliphatic heterocycles. The van der Waals surface area contributed by atoms with Gasteiger partial charge in [-0.05, 0) is 78.8 Å². The van der Waals surface area contributed by atoms with E-state index in [1.165, 1.54) is 30.3 Å². The van der Waals surface area contributed by atoms with Crippen molar-refractivity contribution >= 4 is 0 Å². The van der Waals surface area contributed by atoms with E-state index in [1.807, 2.05) is 6.92 Å². The van der Waals surface area contributed by atoms with E-state index in [4.69, 9.17) is 5.26 Å². The fourth-order valence-electron chi connectivity index (χ4n) is 3.52. The van der Waals surface area contributed by atoms with Crippen molar-refractivity contribution in [2.24, 2.45) is 0 Å². The smallest absolute Gasteiger partial charge is 0.429 e. The predicted molar refractivity (Wildman–Crippen MR) is 114 cm³/mol. The average Bonchev–Trinajstić information content (AvgIpc) is 2.76. The molecule has 3 aromatic rings. The van der Waals surface area contributed by atoms with Crippen molar-refractivity contribution in [1.29, 1.82) is 5.26 Å². The highest BCUT2D eigenvalue weighted by Gasteiger charge is 2.41. The molecule has 3 aromatic carbocycles. The minimum absolute atomic E-state index is 0.233. The van der Waals surface area contributed by atoms with Gasteiger partial charge in [0.2, 0.25) is 0 Å². The summed E-state index contributed by atoms with van der Waals surface area (Å²) in [4.78, 5) is 0. The van der Waals surface area contributed by atoms with Crippen LogP contribution in [0, 0.1) is 34.6 Å². The molecule has 0 aliphatic rings. The van der Waals surface area contributed by atoms with Crippen LogP contribution >= 0.6 is 0 Å². The molecule has 0 N–H and O–H groups in total. The summed E-state index contributed by atoms with van der Waals surface area (Å²) in [6.07, 6.45) is -1.84. The van der Waals surface area contributed by atoms with Crippen LogP contribution in [0.2, 0.25) is 0 Å². The number of hydrogen-bond acceptors (Lipinski definition) is 2. The summed E-state index contributed by atoms with van der Waals surface area (Å²) in [7, 11) is 0. The van der Waals surface area contributed by atoms with Gasteiger partial charge in [-0.2, -0.15) is 14.0 Å². The van der Waals surface area contributed by atoms with Gasteiger partial charge in [-0.3, -0.25) is 0 Å². The van der Waals surface area contributed by atoms with Crippen molar-refractivity contribution in [3.05, 3.63) is 99.6 Å². The van der Waals surface area contributed by atoms with Crippen molar-refractivity contribution in [2.45, 2.75) is 45.1 Å². The molecule has 3 rings (SSSR count). The second-order valence-electron chi connectivity index (χ2n) is 7.85. The molecule has 2 nitrogen and oxygen atoms in total. The third-order valence-electron chi connectivity index (χ3n) is 5.30. The lowest BCUT2D eigenvalue weighted by Crippen LogP contribution is -2.25. The molecule has 0 radical (unpaired) electrons. The number of benzene rings is 3. The van der Waals surface area contributed by atoms with Crippen LogP contribution in [0.25, 0.3) is 0 Å². The maximum absolute atomic E-state index is 14.6. The molecule has 0 unspecified atom stereocenters. The zero-order valence-electron chi connectivity index (χ0n) is 18.3. The minimum Gasteiger partial charge on any atom is -0.429 e. The number of rotatable bonds is 9. The van der Waals surface area contributed by atoms with Crippen LogP contribution in [-0.4, -0.2) is 0 Å². The number of nitrogens with zero attached hydrogens (tertiary/aromatic N) is 1. The molecule has 0 amide bonds. The standard InChI is InChI=1S/C26H21F6NO/c1-2-3-4-17-13-23(29)25(24(30)14-17)26(31,32)34-19-9-7-16(8-10-19)5-6-18-11-21(27)20(15-33)22(28)12-18/h7-14H,2-6H2,1H3. The van der Waals surface area contributed by atoms with Gasteiger partial charge in [0.05, 0.1) is 0 Å². The number of hydrogen-bond donors (Lipinski definition) is 0. The highest BCUT2D eigenvalue weighted by molar-refractivity contribution is 5.36. The quantitative estimate of drug-likeness (QED) is 0.302. The van der Waals surface area contributed by atoms with Gasteiger partial charge in [0.25, 0.3) is 0 Å². The lowest BCUT2D eigenvalue weighted by molar-refractivity contribution is -0.189. The number of alkyl halides is 2. The van der Waals surface area contributed by atoms with Crippen molar-refractivity contribution < 1.29 is 31.1 Å². The zero-order chi connectivity index (χ0) is 24.9. The summed E-state index contributed by atoms with van der Waals surface area (Å²) >= 11 is 0. The van der Waals surface area contributed by atoms with Crippen LogP contribution < -0.4 is 4.74 Å². The molecule has 0 aliphatic carbocycles. The van der Waals surface area contributed by atoms with E-state index < -0.39 is 40.5 Å². The highest BCUT2D eigenvalue weighted by atomic mass is 19.3. The number of halogens is 6. The van der Waals surface area contributed by atoms with Crippen molar-refractivity contribution in [2.75, 3.05) is 0 Å². The molecule has 178 valence electrons. The molecule has 8 heteroatoms. The lowest BCUT2D eigenvalue weighted by atomic mass is 10.0. The topological polar surface area (TPSA) is 33.0 Å². The molecule has 0 bridgehead atoms. The molecule has 0 fully saturated rings. The van der Waals surface area contributed by atoms with Crippen LogP contribution in [-0.2, 0) is 25.4 Å². The fourth-order valence-corrected chi connectivity index (χ4v) is 3.52. The van der Waals surface area contributed by atoms with Gasteiger partial charge in [-0.25, -0.2) is 17.6 Å². The highest BCUT2D eigenvalue weighted by Crippen LogP contribution is 2.35. The van der Waals surface area contributed by atoms with Crippen LogP contribution in [0.3, 0.4) is 0 Å². The fraction of sp³-hybridized carbons (Fsp3) is 0.269. The molecular weight excluding hydrogens is 456 g/mol. The van der Waals surface area contributed by atoms with Gasteiger partial charge in [0, 0.05) is 0 Å². The largest absolute Gasteiger partial charge is 0.432 e. The van der Waals surface area contributed by atoms with E-state index in [0.717, 1.165) is 30.7 Å². The summed E-state index contributed by atoms with van der Waals surface area (Å²) < 4.78 is 89.7. The molecule has 0 atom stereocenters. The first-order chi connectivity index (χ1) is 16.1. The Bertz CT molecular complexity index is 1150. The van der Waals surface area contributed by atoms with Gasteiger partial charge < -0.3 is 4.74 Å². The third-order valence-corrected chi connectivity index (χ3v) is 5.30. The second-order valence-corrected chi connectivity index (χ2v) is 7.85. The number of ether oxygens (including phenoxy) is 1. The van der Waals surface area contributed by atoms with Crippen molar-refractivity contribution in [1.82, 2.24) is 0 Å². The first kappa shape index (κ1) is 25.2. The SMILES string of the molecule is CCCCc1cc(F)c(C(F)(F)Oc2ccc(CCc3cc(F)c(C#N)c(F)c3)cc2)c(F)c1. The Kier molecular flexibility index (Phi) is 7.87. The average molecular weight is 477 g/mol. The number of nitriles is 1. The van der Waals surface area contributed by atoms with Crippen LogP contribution in [0.15, 0.2) is 48.5 Å². The Balaban J connectivity index is 1.69. The summed E-state index contributed by atoms with van der Waals surface area (Å²) in [5.41, 5.74) is -0.841. The molecule has 0 spiro atoms. The van der Waals surface area contributed by atoms with E-state index in [0.29, 0.717) is 36.0 Å².